The maximum atomic E-state index is 2.51. The van der Waals surface area contributed by atoms with Crippen LogP contribution >= 0.6 is 0 Å². The predicted molar refractivity (Wildman–Crippen MR) is 294 cm³/mol. The van der Waals surface area contributed by atoms with Gasteiger partial charge in [0.1, 0.15) is 0 Å². The van der Waals surface area contributed by atoms with E-state index in [-0.39, 0.29) is 5.41 Å². The summed E-state index contributed by atoms with van der Waals surface area (Å²) < 4.78 is 2.42. The molecule has 13 rings (SSSR count). The summed E-state index contributed by atoms with van der Waals surface area (Å²) in [4.78, 5) is 2.37. The quantitative estimate of drug-likeness (QED) is 0.131. The fourth-order valence-corrected chi connectivity index (χ4v) is 11.8. The Morgan fingerprint density at radius 1 is 0.357 bits per heavy atom. The molecule has 2 nitrogen and oxygen atoms in total. The van der Waals surface area contributed by atoms with Crippen LogP contribution in [0.15, 0.2) is 267 Å². The van der Waals surface area contributed by atoms with Crippen molar-refractivity contribution in [3.05, 3.63) is 300 Å². The molecule has 1 aromatic heterocycles. The summed E-state index contributed by atoms with van der Waals surface area (Å²) in [7, 11) is 0. The van der Waals surface area contributed by atoms with Gasteiger partial charge in [-0.15, -0.1) is 0 Å². The van der Waals surface area contributed by atoms with Crippen LogP contribution in [0.4, 0.5) is 17.1 Å². The van der Waals surface area contributed by atoms with Crippen molar-refractivity contribution in [1.82, 2.24) is 4.57 Å². The zero-order valence-corrected chi connectivity index (χ0v) is 39.3. The van der Waals surface area contributed by atoms with Crippen LogP contribution in [0, 0.1) is 0 Å². The highest BCUT2D eigenvalue weighted by Gasteiger charge is 2.42. The highest BCUT2D eigenvalue weighted by Crippen LogP contribution is 2.53. The van der Waals surface area contributed by atoms with E-state index in [2.05, 4.69) is 290 Å². The Labute approximate surface area is 410 Å². The fraction of sp³-hybridized carbons (Fsp3) is 0.0588. The molecule has 0 bridgehead atoms. The minimum atomic E-state index is -0.508. The van der Waals surface area contributed by atoms with Crippen LogP contribution in [0.2, 0.25) is 0 Å². The lowest BCUT2D eigenvalue weighted by Gasteiger charge is -2.37. The Bertz CT molecular complexity index is 3790. The molecule has 1 aliphatic rings. The SMILES string of the molecule is CC1(C)c2cc(-c3ccc4c(c3)c3ccccc3n4-c3ccc(N(c4ccccc4)c4cccc5ccccc45)cc3)ccc2-c2ccc(C(c3ccccc3)(c3ccccc3)c3ccccc3)cc21. The first-order valence-electron chi connectivity index (χ1n) is 24.4. The molecular formula is C68H50N2. The molecule has 70 heavy (non-hydrogen) atoms. The average molecular weight is 895 g/mol. The van der Waals surface area contributed by atoms with E-state index in [4.69, 9.17) is 0 Å². The van der Waals surface area contributed by atoms with Gasteiger partial charge in [0, 0.05) is 38.6 Å². The molecule has 1 aliphatic carbocycles. The lowest BCUT2D eigenvalue weighted by Crippen LogP contribution is -2.31. The number of fused-ring (bicyclic) bond motifs is 7. The van der Waals surface area contributed by atoms with Gasteiger partial charge >= 0.3 is 0 Å². The Balaban J connectivity index is 0.887. The molecule has 0 fully saturated rings. The van der Waals surface area contributed by atoms with Gasteiger partial charge in [-0.3, -0.25) is 0 Å². The minimum absolute atomic E-state index is 0.234. The molecule has 0 radical (unpaired) electrons. The molecule has 0 spiro atoms. The van der Waals surface area contributed by atoms with Crippen LogP contribution in [-0.2, 0) is 10.8 Å². The second kappa shape index (κ2) is 16.5. The van der Waals surface area contributed by atoms with Crippen LogP contribution in [-0.4, -0.2) is 4.57 Å². The highest BCUT2D eigenvalue weighted by atomic mass is 15.1. The molecule has 332 valence electrons. The van der Waals surface area contributed by atoms with E-state index in [1.54, 1.807) is 0 Å². The molecule has 0 unspecified atom stereocenters. The van der Waals surface area contributed by atoms with Crippen molar-refractivity contribution >= 4 is 49.6 Å². The molecule has 11 aromatic carbocycles. The van der Waals surface area contributed by atoms with E-state index in [1.807, 2.05) is 0 Å². The first-order valence-corrected chi connectivity index (χ1v) is 24.4. The van der Waals surface area contributed by atoms with Gasteiger partial charge < -0.3 is 9.47 Å². The minimum Gasteiger partial charge on any atom is -0.310 e. The van der Waals surface area contributed by atoms with Crippen molar-refractivity contribution in [1.29, 1.82) is 0 Å². The third kappa shape index (κ3) is 6.48. The molecule has 0 N–H and O–H groups in total. The average Bonchev–Trinajstić information content (AvgIpc) is 3.87. The van der Waals surface area contributed by atoms with Gasteiger partial charge in [-0.25, -0.2) is 0 Å². The van der Waals surface area contributed by atoms with Gasteiger partial charge in [0.05, 0.1) is 22.1 Å². The van der Waals surface area contributed by atoms with Gasteiger partial charge in [0.15, 0.2) is 0 Å². The molecule has 1 heterocycles. The third-order valence-corrected chi connectivity index (χ3v) is 15.1. The summed E-state index contributed by atoms with van der Waals surface area (Å²) in [6, 6.07) is 98.4. The smallest absolute Gasteiger partial charge is 0.0701 e. The number of rotatable bonds is 9. The highest BCUT2D eigenvalue weighted by molar-refractivity contribution is 6.10. The molecule has 0 amide bonds. The van der Waals surface area contributed by atoms with E-state index >= 15 is 0 Å². The zero-order chi connectivity index (χ0) is 46.8. The van der Waals surface area contributed by atoms with Crippen LogP contribution in [0.25, 0.3) is 60.5 Å². The largest absolute Gasteiger partial charge is 0.310 e. The zero-order valence-electron chi connectivity index (χ0n) is 39.3. The Morgan fingerprint density at radius 2 is 0.857 bits per heavy atom. The second-order valence-corrected chi connectivity index (χ2v) is 19.3. The predicted octanol–water partition coefficient (Wildman–Crippen LogP) is 17.8. The summed E-state index contributed by atoms with van der Waals surface area (Å²) in [6.07, 6.45) is 0. The normalized spacial score (nSPS) is 12.8. The maximum absolute atomic E-state index is 2.51. The molecule has 0 saturated carbocycles. The number of hydrogen-bond acceptors (Lipinski definition) is 1. The number of benzene rings is 11. The van der Waals surface area contributed by atoms with Crippen molar-refractivity contribution in [3.63, 3.8) is 0 Å². The Kier molecular flexibility index (Phi) is 9.78. The molecular weight excluding hydrogens is 845 g/mol. The van der Waals surface area contributed by atoms with Gasteiger partial charge in [0.2, 0.25) is 0 Å². The summed E-state index contributed by atoms with van der Waals surface area (Å²) in [5.74, 6) is 0. The van der Waals surface area contributed by atoms with Crippen molar-refractivity contribution in [2.45, 2.75) is 24.7 Å². The van der Waals surface area contributed by atoms with Gasteiger partial charge in [-0.2, -0.15) is 0 Å². The number of para-hydroxylation sites is 2. The van der Waals surface area contributed by atoms with E-state index in [0.29, 0.717) is 0 Å². The second-order valence-electron chi connectivity index (χ2n) is 19.3. The summed E-state index contributed by atoms with van der Waals surface area (Å²) >= 11 is 0. The molecule has 12 aromatic rings. The van der Waals surface area contributed by atoms with Crippen LogP contribution in [0.5, 0.6) is 0 Å². The van der Waals surface area contributed by atoms with Gasteiger partial charge in [-0.05, 0) is 128 Å². The van der Waals surface area contributed by atoms with Crippen LogP contribution < -0.4 is 4.90 Å². The Hall–Kier alpha value is -8.72. The van der Waals surface area contributed by atoms with Crippen LogP contribution in [0.3, 0.4) is 0 Å². The topological polar surface area (TPSA) is 8.17 Å². The first kappa shape index (κ1) is 41.5. The summed E-state index contributed by atoms with van der Waals surface area (Å²) in [5, 5.41) is 4.92. The summed E-state index contributed by atoms with van der Waals surface area (Å²) in [5.41, 5.74) is 19.0. The maximum Gasteiger partial charge on any atom is 0.0701 e. The summed E-state index contributed by atoms with van der Waals surface area (Å²) in [6.45, 7) is 4.81. The van der Waals surface area contributed by atoms with E-state index in [0.717, 1.165) is 22.7 Å². The molecule has 0 saturated heterocycles. The fourth-order valence-electron chi connectivity index (χ4n) is 11.8. The lowest BCUT2D eigenvalue weighted by atomic mass is 9.64. The number of nitrogens with zero attached hydrogens (tertiary/aromatic N) is 2. The van der Waals surface area contributed by atoms with Crippen LogP contribution in [0.1, 0.15) is 47.2 Å². The number of aromatic nitrogens is 1. The van der Waals surface area contributed by atoms with E-state index in [9.17, 15) is 0 Å². The third-order valence-electron chi connectivity index (χ3n) is 15.1. The monoisotopic (exact) mass is 894 g/mol. The number of anilines is 3. The lowest BCUT2D eigenvalue weighted by molar-refractivity contribution is 0.655. The first-order chi connectivity index (χ1) is 34.5. The van der Waals surface area contributed by atoms with E-state index < -0.39 is 5.41 Å². The molecule has 0 aliphatic heterocycles. The molecule has 0 atom stereocenters. The van der Waals surface area contributed by atoms with Crippen molar-refractivity contribution in [2.75, 3.05) is 4.90 Å². The van der Waals surface area contributed by atoms with Crippen molar-refractivity contribution in [2.24, 2.45) is 0 Å². The van der Waals surface area contributed by atoms with Crippen molar-refractivity contribution in [3.8, 4) is 27.9 Å². The van der Waals surface area contributed by atoms with E-state index in [1.165, 1.54) is 88.2 Å². The standard InChI is InChI=1S/C68H50N2/c1-67(2)62-45-49(34-41-58(62)59-42-36-53(46-63(59)67)68(50-22-7-3-8-23-50,51-24-9-4-10-25-51)52-26-11-5-12-27-52)48-35-43-66-61(44-48)60-31-17-18-32-65(60)70(66)56-39-37-55(38-40-56)69(54-28-13-6-14-29-54)64-33-19-21-47-20-15-16-30-57(47)64/h3-46H,1-2H3. The Morgan fingerprint density at radius 3 is 1.53 bits per heavy atom. The van der Waals surface area contributed by atoms with Crippen molar-refractivity contribution < 1.29 is 0 Å². The molecule has 2 heteroatoms. The van der Waals surface area contributed by atoms with Gasteiger partial charge in [0.25, 0.3) is 0 Å². The number of hydrogen-bond donors (Lipinski definition) is 0. The van der Waals surface area contributed by atoms with Gasteiger partial charge in [-0.1, -0.05) is 214 Å².